The molecule has 0 unspecified atom stereocenters. The Morgan fingerprint density at radius 1 is 1.36 bits per heavy atom. The van der Waals surface area contributed by atoms with Gasteiger partial charge in [-0.3, -0.25) is 0 Å². The molecule has 0 N–H and O–H groups in total. The molecule has 0 amide bonds. The van der Waals surface area contributed by atoms with E-state index in [-0.39, 0.29) is 0 Å². The minimum absolute atomic E-state index is 0.481. The molecule has 108 valence electrons. The zero-order chi connectivity index (χ0) is 15.4. The summed E-state index contributed by atoms with van der Waals surface area (Å²) in [5.41, 5.74) is 2.26. The van der Waals surface area contributed by atoms with E-state index in [2.05, 4.69) is 11.1 Å². The predicted octanol–water partition coefficient (Wildman–Crippen LogP) is 4.48. The van der Waals surface area contributed by atoms with Gasteiger partial charge in [0.15, 0.2) is 0 Å². The first-order valence-corrected chi connectivity index (χ1v) is 7.44. The number of hydrogen-bond acceptors (Lipinski definition) is 5. The lowest BCUT2D eigenvalue weighted by molar-refractivity contribution is 0.415. The highest BCUT2D eigenvalue weighted by Gasteiger charge is 2.10. The maximum absolute atomic E-state index is 9.33. The van der Waals surface area contributed by atoms with Crippen LogP contribution in [0.4, 0.5) is 0 Å². The number of thiazole rings is 1. The molecular formula is C17H12N2O2S. The topological polar surface area (TPSA) is 59.0 Å². The van der Waals surface area contributed by atoms with Gasteiger partial charge in [0, 0.05) is 17.0 Å². The van der Waals surface area contributed by atoms with Crippen molar-refractivity contribution in [3.8, 4) is 23.1 Å². The summed E-state index contributed by atoms with van der Waals surface area (Å²) in [5, 5.41) is 11.9. The van der Waals surface area contributed by atoms with E-state index in [1.54, 1.807) is 31.6 Å². The number of rotatable bonds is 4. The number of nitriles is 1. The van der Waals surface area contributed by atoms with E-state index < -0.39 is 0 Å². The van der Waals surface area contributed by atoms with Crippen LogP contribution in [-0.4, -0.2) is 12.1 Å². The molecule has 2 heterocycles. The Morgan fingerprint density at radius 3 is 3.00 bits per heavy atom. The highest BCUT2D eigenvalue weighted by atomic mass is 32.1. The standard InChI is InChI=1S/C17H12N2O2S/c1-20-14-5-2-4-12(8-14)16-11-22-17(19-16)13(10-18)9-15-6-3-7-21-15/h2-9,11H,1H3/b13-9+. The third kappa shape index (κ3) is 2.92. The molecule has 0 bridgehead atoms. The van der Waals surface area contributed by atoms with Crippen molar-refractivity contribution in [1.82, 2.24) is 4.98 Å². The van der Waals surface area contributed by atoms with Crippen LogP contribution in [0.5, 0.6) is 5.75 Å². The molecule has 4 nitrogen and oxygen atoms in total. The maximum atomic E-state index is 9.33. The third-order valence-electron chi connectivity index (χ3n) is 3.05. The lowest BCUT2D eigenvalue weighted by atomic mass is 10.1. The second kappa shape index (κ2) is 6.29. The average Bonchev–Trinajstić information content (AvgIpc) is 3.24. The molecule has 22 heavy (non-hydrogen) atoms. The molecule has 0 aliphatic heterocycles. The lowest BCUT2D eigenvalue weighted by Crippen LogP contribution is -1.85. The molecule has 0 radical (unpaired) electrons. The summed E-state index contributed by atoms with van der Waals surface area (Å²) >= 11 is 1.43. The van der Waals surface area contributed by atoms with Crippen molar-refractivity contribution in [3.05, 3.63) is 58.8 Å². The Kier molecular flexibility index (Phi) is 4.03. The van der Waals surface area contributed by atoms with Gasteiger partial charge in [-0.25, -0.2) is 4.98 Å². The van der Waals surface area contributed by atoms with E-state index >= 15 is 0 Å². The summed E-state index contributed by atoms with van der Waals surface area (Å²) in [7, 11) is 1.63. The summed E-state index contributed by atoms with van der Waals surface area (Å²) in [6, 6.07) is 13.4. The summed E-state index contributed by atoms with van der Waals surface area (Å²) < 4.78 is 10.5. The number of benzene rings is 1. The van der Waals surface area contributed by atoms with Gasteiger partial charge in [-0.15, -0.1) is 11.3 Å². The molecule has 3 aromatic rings. The molecule has 1 aromatic carbocycles. The van der Waals surface area contributed by atoms with Crippen LogP contribution in [0, 0.1) is 11.3 Å². The van der Waals surface area contributed by atoms with Crippen molar-refractivity contribution in [2.45, 2.75) is 0 Å². The van der Waals surface area contributed by atoms with Crippen LogP contribution in [0.3, 0.4) is 0 Å². The Labute approximate surface area is 131 Å². The summed E-state index contributed by atoms with van der Waals surface area (Å²) in [4.78, 5) is 4.54. The van der Waals surface area contributed by atoms with Gasteiger partial charge < -0.3 is 9.15 Å². The van der Waals surface area contributed by atoms with Crippen LogP contribution in [0.15, 0.2) is 52.5 Å². The van der Waals surface area contributed by atoms with E-state index in [1.165, 1.54) is 11.3 Å². The minimum atomic E-state index is 0.481. The SMILES string of the molecule is COc1cccc(-c2csc(/C(C#N)=C/c3ccco3)n2)c1. The zero-order valence-electron chi connectivity index (χ0n) is 11.8. The van der Waals surface area contributed by atoms with Crippen molar-refractivity contribution >= 4 is 23.0 Å². The van der Waals surface area contributed by atoms with Gasteiger partial charge in [0.2, 0.25) is 0 Å². The second-order valence-electron chi connectivity index (χ2n) is 4.46. The normalized spacial score (nSPS) is 11.2. The van der Waals surface area contributed by atoms with Gasteiger partial charge in [-0.1, -0.05) is 12.1 Å². The zero-order valence-corrected chi connectivity index (χ0v) is 12.6. The number of furan rings is 1. The summed E-state index contributed by atoms with van der Waals surface area (Å²) in [5.74, 6) is 1.41. The molecular weight excluding hydrogens is 296 g/mol. The Balaban J connectivity index is 1.94. The first kappa shape index (κ1) is 14.1. The Hall–Kier alpha value is -2.84. The fourth-order valence-corrected chi connectivity index (χ4v) is 2.76. The van der Waals surface area contributed by atoms with Crippen LogP contribution >= 0.6 is 11.3 Å². The predicted molar refractivity (Wildman–Crippen MR) is 86.3 cm³/mol. The molecule has 0 aliphatic carbocycles. The van der Waals surface area contributed by atoms with Gasteiger partial charge in [0.05, 0.1) is 24.6 Å². The van der Waals surface area contributed by atoms with Crippen molar-refractivity contribution in [2.75, 3.05) is 7.11 Å². The second-order valence-corrected chi connectivity index (χ2v) is 5.31. The van der Waals surface area contributed by atoms with Gasteiger partial charge in [0.1, 0.15) is 22.6 Å². The van der Waals surface area contributed by atoms with Gasteiger partial charge >= 0.3 is 0 Å². The number of allylic oxidation sites excluding steroid dienone is 1. The fourth-order valence-electron chi connectivity index (χ4n) is 1.97. The van der Waals surface area contributed by atoms with E-state index in [0.717, 1.165) is 17.0 Å². The van der Waals surface area contributed by atoms with Crippen molar-refractivity contribution in [1.29, 1.82) is 5.26 Å². The minimum Gasteiger partial charge on any atom is -0.497 e. The monoisotopic (exact) mass is 308 g/mol. The van der Waals surface area contributed by atoms with E-state index in [4.69, 9.17) is 9.15 Å². The van der Waals surface area contributed by atoms with Crippen molar-refractivity contribution in [3.63, 3.8) is 0 Å². The van der Waals surface area contributed by atoms with Crippen LogP contribution < -0.4 is 4.74 Å². The van der Waals surface area contributed by atoms with Gasteiger partial charge in [0.25, 0.3) is 0 Å². The molecule has 0 atom stereocenters. The molecule has 0 saturated heterocycles. The van der Waals surface area contributed by atoms with Crippen molar-refractivity contribution < 1.29 is 9.15 Å². The Bertz CT molecular complexity index is 842. The van der Waals surface area contributed by atoms with Crippen LogP contribution in [0.2, 0.25) is 0 Å². The van der Waals surface area contributed by atoms with Crippen LogP contribution in [-0.2, 0) is 0 Å². The number of aromatic nitrogens is 1. The molecule has 0 aliphatic rings. The average molecular weight is 308 g/mol. The van der Waals surface area contributed by atoms with E-state index in [1.807, 2.05) is 29.6 Å². The number of methoxy groups -OCH3 is 1. The van der Waals surface area contributed by atoms with Crippen molar-refractivity contribution in [2.24, 2.45) is 0 Å². The maximum Gasteiger partial charge on any atom is 0.134 e. The number of nitrogens with zero attached hydrogens (tertiary/aromatic N) is 2. The first-order valence-electron chi connectivity index (χ1n) is 6.56. The fraction of sp³-hybridized carbons (Fsp3) is 0.0588. The number of ether oxygens (including phenoxy) is 1. The largest absolute Gasteiger partial charge is 0.497 e. The van der Waals surface area contributed by atoms with Crippen LogP contribution in [0.25, 0.3) is 22.9 Å². The first-order chi connectivity index (χ1) is 10.8. The van der Waals surface area contributed by atoms with Gasteiger partial charge in [-0.2, -0.15) is 5.26 Å². The molecule has 0 fully saturated rings. The highest BCUT2D eigenvalue weighted by Crippen LogP contribution is 2.28. The Morgan fingerprint density at radius 2 is 2.27 bits per heavy atom. The smallest absolute Gasteiger partial charge is 0.134 e. The molecule has 3 rings (SSSR count). The van der Waals surface area contributed by atoms with Gasteiger partial charge in [-0.05, 0) is 24.3 Å². The van der Waals surface area contributed by atoms with Crippen LogP contribution in [0.1, 0.15) is 10.8 Å². The highest BCUT2D eigenvalue weighted by molar-refractivity contribution is 7.11. The number of hydrogen-bond donors (Lipinski definition) is 0. The molecule has 5 heteroatoms. The third-order valence-corrected chi connectivity index (χ3v) is 3.93. The summed E-state index contributed by atoms with van der Waals surface area (Å²) in [6.07, 6.45) is 3.26. The summed E-state index contributed by atoms with van der Waals surface area (Å²) in [6.45, 7) is 0. The molecule has 0 spiro atoms. The lowest BCUT2D eigenvalue weighted by Gasteiger charge is -2.01. The van der Waals surface area contributed by atoms with E-state index in [0.29, 0.717) is 16.3 Å². The van der Waals surface area contributed by atoms with E-state index in [9.17, 15) is 5.26 Å². The molecule has 0 saturated carbocycles. The molecule has 2 aromatic heterocycles. The quantitative estimate of drug-likeness (QED) is 0.667.